The number of hydrogen-bond donors (Lipinski definition) is 0. The molecule has 1 aliphatic rings. The zero-order chi connectivity index (χ0) is 24.2. The number of ether oxygens (including phenoxy) is 1. The topological polar surface area (TPSA) is 80.8 Å². The van der Waals surface area contributed by atoms with Crippen LogP contribution in [0.2, 0.25) is 0 Å². The summed E-state index contributed by atoms with van der Waals surface area (Å²) in [4.78, 5) is 27.5. The minimum Gasteiger partial charge on any atom is -0.454 e. The van der Waals surface area contributed by atoms with Crippen molar-refractivity contribution in [1.29, 1.82) is 0 Å². The Bertz CT molecular complexity index is 1140. The highest BCUT2D eigenvalue weighted by Gasteiger charge is 2.54. The molecule has 2 aromatic rings. The van der Waals surface area contributed by atoms with Crippen molar-refractivity contribution in [3.05, 3.63) is 65.0 Å². The number of benzene rings is 2. The van der Waals surface area contributed by atoms with Crippen LogP contribution >= 0.6 is 0 Å². The van der Waals surface area contributed by atoms with E-state index in [0.717, 1.165) is 5.56 Å². The van der Waals surface area contributed by atoms with Gasteiger partial charge in [-0.15, -0.1) is 0 Å². The van der Waals surface area contributed by atoms with Gasteiger partial charge in [-0.05, 0) is 68.5 Å². The van der Waals surface area contributed by atoms with E-state index in [0.29, 0.717) is 30.5 Å². The number of sulfone groups is 1. The lowest BCUT2D eigenvalue weighted by Gasteiger charge is -2.28. The van der Waals surface area contributed by atoms with E-state index >= 15 is 0 Å². The van der Waals surface area contributed by atoms with Crippen LogP contribution in [0.5, 0.6) is 0 Å². The Morgan fingerprint density at radius 2 is 1.79 bits per heavy atom. The van der Waals surface area contributed by atoms with E-state index in [1.807, 2.05) is 6.07 Å². The Labute approximate surface area is 194 Å². The number of halogens is 1. The summed E-state index contributed by atoms with van der Waals surface area (Å²) in [6.07, 6.45) is 1.51. The molecule has 0 radical (unpaired) electrons. The van der Waals surface area contributed by atoms with Gasteiger partial charge in [-0.3, -0.25) is 9.59 Å². The fraction of sp³-hybridized carbons (Fsp3) is 0.440. The van der Waals surface area contributed by atoms with E-state index in [2.05, 4.69) is 0 Å². The fourth-order valence-electron chi connectivity index (χ4n) is 4.32. The number of aryl methyl sites for hydroxylation is 2. The minimum atomic E-state index is -4.02. The SMILES string of the molecule is CCN(Cc1cccc(F)c1)C(=O)COC(=O)C1(S(=O)(=O)c2cc(C)ccc2C)CCCC1. The normalized spacial score (nSPS) is 15.3. The summed E-state index contributed by atoms with van der Waals surface area (Å²) in [5, 5.41) is 0. The first-order valence-electron chi connectivity index (χ1n) is 11.1. The highest BCUT2D eigenvalue weighted by atomic mass is 32.2. The fourth-order valence-corrected chi connectivity index (χ4v) is 6.68. The zero-order valence-electron chi connectivity index (χ0n) is 19.3. The Hall–Kier alpha value is -2.74. The summed E-state index contributed by atoms with van der Waals surface area (Å²) >= 11 is 0. The number of rotatable bonds is 8. The smallest absolute Gasteiger partial charge is 0.328 e. The van der Waals surface area contributed by atoms with Crippen LogP contribution in [-0.2, 0) is 30.7 Å². The third-order valence-corrected chi connectivity index (χ3v) is 8.88. The first-order valence-corrected chi connectivity index (χ1v) is 12.6. The quantitative estimate of drug-likeness (QED) is 0.537. The minimum absolute atomic E-state index is 0.133. The van der Waals surface area contributed by atoms with Gasteiger partial charge >= 0.3 is 5.97 Å². The van der Waals surface area contributed by atoms with E-state index < -0.39 is 38.9 Å². The molecule has 6 nitrogen and oxygen atoms in total. The van der Waals surface area contributed by atoms with Crippen LogP contribution in [0.4, 0.5) is 4.39 Å². The molecular weight excluding hydrogens is 445 g/mol. The van der Waals surface area contributed by atoms with Gasteiger partial charge in [0, 0.05) is 13.1 Å². The largest absolute Gasteiger partial charge is 0.454 e. The van der Waals surface area contributed by atoms with Gasteiger partial charge in [0.2, 0.25) is 0 Å². The number of carbonyl (C=O) groups excluding carboxylic acids is 2. The predicted molar refractivity (Wildman–Crippen MR) is 123 cm³/mol. The maximum Gasteiger partial charge on any atom is 0.328 e. The molecule has 3 rings (SSSR count). The Morgan fingerprint density at radius 3 is 2.42 bits per heavy atom. The van der Waals surface area contributed by atoms with Crippen LogP contribution in [0, 0.1) is 19.7 Å². The highest BCUT2D eigenvalue weighted by Crippen LogP contribution is 2.42. The van der Waals surface area contributed by atoms with Crippen molar-refractivity contribution in [2.75, 3.05) is 13.2 Å². The van der Waals surface area contributed by atoms with Crippen LogP contribution in [-0.4, -0.2) is 43.1 Å². The third-order valence-electron chi connectivity index (χ3n) is 6.25. The average molecular weight is 476 g/mol. The third kappa shape index (κ3) is 5.11. The van der Waals surface area contributed by atoms with Gasteiger partial charge in [0.1, 0.15) is 5.82 Å². The molecule has 0 aromatic heterocycles. The lowest BCUT2D eigenvalue weighted by atomic mass is 10.1. The number of hydrogen-bond acceptors (Lipinski definition) is 5. The molecule has 1 fully saturated rings. The van der Waals surface area contributed by atoms with E-state index in [1.54, 1.807) is 45.0 Å². The Morgan fingerprint density at radius 1 is 1.09 bits per heavy atom. The molecule has 1 amide bonds. The van der Waals surface area contributed by atoms with Crippen molar-refractivity contribution in [3.8, 4) is 0 Å². The average Bonchev–Trinajstić information content (AvgIpc) is 3.29. The number of nitrogens with zero attached hydrogens (tertiary/aromatic N) is 1. The van der Waals surface area contributed by atoms with E-state index in [1.165, 1.54) is 17.0 Å². The van der Waals surface area contributed by atoms with Crippen molar-refractivity contribution in [2.45, 2.75) is 62.6 Å². The molecule has 0 N–H and O–H groups in total. The second-order valence-corrected chi connectivity index (χ2v) is 10.8. The lowest BCUT2D eigenvalue weighted by Crippen LogP contribution is -2.46. The molecule has 0 saturated heterocycles. The standard InChI is InChI=1S/C25H30FNO5S/c1-4-27(16-20-8-7-9-21(26)15-20)23(28)17-32-24(29)25(12-5-6-13-25)33(30,31)22-14-18(2)10-11-19(22)3/h7-11,14-15H,4-6,12-13,16-17H2,1-3H3. The molecule has 0 atom stereocenters. The molecule has 1 aliphatic carbocycles. The first kappa shape index (κ1) is 24.9. The summed E-state index contributed by atoms with van der Waals surface area (Å²) < 4.78 is 44.4. The van der Waals surface area contributed by atoms with E-state index in [-0.39, 0.29) is 24.3 Å². The molecule has 0 bridgehead atoms. The molecule has 0 spiro atoms. The Balaban J connectivity index is 1.77. The van der Waals surface area contributed by atoms with Gasteiger partial charge < -0.3 is 9.64 Å². The molecule has 0 heterocycles. The van der Waals surface area contributed by atoms with Gasteiger partial charge in [-0.1, -0.05) is 37.1 Å². The van der Waals surface area contributed by atoms with Crippen molar-refractivity contribution in [1.82, 2.24) is 4.90 Å². The predicted octanol–water partition coefficient (Wildman–Crippen LogP) is 4.12. The van der Waals surface area contributed by atoms with Gasteiger partial charge in [0.05, 0.1) is 4.90 Å². The second-order valence-electron chi connectivity index (χ2n) is 8.59. The van der Waals surface area contributed by atoms with Crippen molar-refractivity contribution in [3.63, 3.8) is 0 Å². The lowest BCUT2D eigenvalue weighted by molar-refractivity contribution is -0.154. The number of amides is 1. The number of esters is 1. The maximum absolute atomic E-state index is 13.6. The van der Waals surface area contributed by atoms with E-state index in [4.69, 9.17) is 4.74 Å². The molecular formula is C25H30FNO5S. The molecule has 178 valence electrons. The van der Waals surface area contributed by atoms with Crippen LogP contribution in [0.1, 0.15) is 49.3 Å². The molecule has 0 aliphatic heterocycles. The maximum atomic E-state index is 13.6. The van der Waals surface area contributed by atoms with Crippen LogP contribution < -0.4 is 0 Å². The highest BCUT2D eigenvalue weighted by molar-refractivity contribution is 7.93. The van der Waals surface area contributed by atoms with Crippen molar-refractivity contribution < 1.29 is 27.1 Å². The van der Waals surface area contributed by atoms with Gasteiger partial charge in [-0.2, -0.15) is 0 Å². The molecule has 2 aromatic carbocycles. The summed E-state index contributed by atoms with van der Waals surface area (Å²) in [7, 11) is -4.02. The molecule has 33 heavy (non-hydrogen) atoms. The zero-order valence-corrected chi connectivity index (χ0v) is 20.1. The van der Waals surface area contributed by atoms with Gasteiger partial charge in [0.15, 0.2) is 21.2 Å². The van der Waals surface area contributed by atoms with Crippen LogP contribution in [0.15, 0.2) is 47.4 Å². The van der Waals surface area contributed by atoms with Gasteiger partial charge in [0.25, 0.3) is 5.91 Å². The molecule has 8 heteroatoms. The van der Waals surface area contributed by atoms with E-state index in [9.17, 15) is 22.4 Å². The molecule has 0 unspecified atom stereocenters. The van der Waals surface area contributed by atoms with Crippen molar-refractivity contribution >= 4 is 21.7 Å². The number of carbonyl (C=O) groups is 2. The molecule has 1 saturated carbocycles. The summed E-state index contributed by atoms with van der Waals surface area (Å²) in [5.74, 6) is -1.74. The van der Waals surface area contributed by atoms with Crippen molar-refractivity contribution in [2.24, 2.45) is 0 Å². The Kier molecular flexibility index (Phi) is 7.57. The monoisotopic (exact) mass is 475 g/mol. The first-order chi connectivity index (χ1) is 15.6. The van der Waals surface area contributed by atoms with Gasteiger partial charge in [-0.25, -0.2) is 12.8 Å². The van der Waals surface area contributed by atoms with Crippen LogP contribution in [0.3, 0.4) is 0 Å². The summed E-state index contributed by atoms with van der Waals surface area (Å²) in [6.45, 7) is 5.20. The summed E-state index contributed by atoms with van der Waals surface area (Å²) in [5.41, 5.74) is 1.97. The van der Waals surface area contributed by atoms with Crippen LogP contribution in [0.25, 0.3) is 0 Å². The summed E-state index contributed by atoms with van der Waals surface area (Å²) in [6, 6.07) is 11.1. The number of likely N-dealkylation sites (N-methyl/N-ethyl adjacent to an activating group) is 1. The second kappa shape index (κ2) is 10.0.